The molecule has 0 saturated carbocycles. The molecule has 0 aliphatic rings. The average molecular weight is 391 g/mol. The molecule has 0 aliphatic carbocycles. The van der Waals surface area contributed by atoms with E-state index in [2.05, 4.69) is 20.0 Å². The molecule has 0 unspecified atom stereocenters. The summed E-state index contributed by atoms with van der Waals surface area (Å²) >= 11 is 16.8. The molecule has 0 amide bonds. The molecule has 0 fully saturated rings. The van der Waals surface area contributed by atoms with Gasteiger partial charge in [0, 0.05) is 16.3 Å². The van der Waals surface area contributed by atoms with E-state index in [0.29, 0.717) is 27.0 Å². The molecule has 4 nitrogen and oxygen atoms in total. The topological polar surface area (TPSA) is 51.0 Å². The summed E-state index contributed by atoms with van der Waals surface area (Å²) in [5.74, 6) is -0.963. The van der Waals surface area contributed by atoms with Crippen LogP contribution in [0.5, 0.6) is 0 Å². The van der Waals surface area contributed by atoms with Gasteiger partial charge >= 0.3 is 11.3 Å². The minimum absolute atomic E-state index is 0.00354. The molecular formula is C15H8Cl3F2N3O. The highest BCUT2D eigenvalue weighted by Crippen LogP contribution is 2.33. The SMILES string of the molecule is FC(F)(Cl)c1nc(-c2cccc(Nc3ccc(Cl)cc3Cl)c2)no1. The Morgan fingerprint density at radius 1 is 1.08 bits per heavy atom. The molecular weight excluding hydrogens is 383 g/mol. The molecule has 0 saturated heterocycles. The van der Waals surface area contributed by atoms with Crippen molar-refractivity contribution in [1.82, 2.24) is 10.1 Å². The molecule has 1 heterocycles. The van der Waals surface area contributed by atoms with Crippen molar-refractivity contribution in [3.8, 4) is 11.4 Å². The second-order valence-electron chi connectivity index (χ2n) is 4.75. The number of rotatable bonds is 4. The molecule has 9 heteroatoms. The molecule has 0 atom stereocenters. The number of anilines is 2. The summed E-state index contributed by atoms with van der Waals surface area (Å²) in [5, 5.41) is 3.85. The van der Waals surface area contributed by atoms with Crippen LogP contribution in [-0.2, 0) is 5.38 Å². The molecule has 124 valence electrons. The largest absolute Gasteiger partial charge is 0.400 e. The van der Waals surface area contributed by atoms with Crippen molar-refractivity contribution < 1.29 is 13.3 Å². The normalized spacial score (nSPS) is 11.5. The number of halogens is 5. The summed E-state index contributed by atoms with van der Waals surface area (Å²) in [6.45, 7) is 0. The first-order valence-corrected chi connectivity index (χ1v) is 7.70. The van der Waals surface area contributed by atoms with E-state index in [0.717, 1.165) is 0 Å². The summed E-state index contributed by atoms with van der Waals surface area (Å²) in [7, 11) is 0. The van der Waals surface area contributed by atoms with E-state index < -0.39 is 11.3 Å². The molecule has 3 aromatic rings. The highest BCUT2D eigenvalue weighted by Gasteiger charge is 2.35. The zero-order valence-electron chi connectivity index (χ0n) is 11.7. The second kappa shape index (κ2) is 6.55. The summed E-state index contributed by atoms with van der Waals surface area (Å²) in [6.07, 6.45) is 0. The third kappa shape index (κ3) is 3.77. The Kier molecular flexibility index (Phi) is 4.62. The van der Waals surface area contributed by atoms with Gasteiger partial charge in [0.15, 0.2) is 0 Å². The van der Waals surface area contributed by atoms with Crippen LogP contribution in [0.3, 0.4) is 0 Å². The van der Waals surface area contributed by atoms with Crippen LogP contribution < -0.4 is 5.32 Å². The molecule has 3 rings (SSSR count). The van der Waals surface area contributed by atoms with Gasteiger partial charge in [-0.15, -0.1) is 0 Å². The van der Waals surface area contributed by atoms with Gasteiger partial charge in [-0.25, -0.2) is 0 Å². The van der Waals surface area contributed by atoms with Crippen molar-refractivity contribution >= 4 is 46.2 Å². The minimum atomic E-state index is -3.71. The van der Waals surface area contributed by atoms with Crippen LogP contribution in [0.2, 0.25) is 10.0 Å². The number of nitrogens with zero attached hydrogens (tertiary/aromatic N) is 2. The van der Waals surface area contributed by atoms with Gasteiger partial charge in [0.1, 0.15) is 0 Å². The fourth-order valence-electron chi connectivity index (χ4n) is 1.94. The van der Waals surface area contributed by atoms with E-state index in [1.165, 1.54) is 0 Å². The quantitative estimate of drug-likeness (QED) is 0.549. The molecule has 0 radical (unpaired) electrons. The lowest BCUT2D eigenvalue weighted by Gasteiger charge is -2.09. The Morgan fingerprint density at radius 3 is 2.54 bits per heavy atom. The number of hydrogen-bond donors (Lipinski definition) is 1. The molecule has 0 spiro atoms. The fourth-order valence-corrected chi connectivity index (χ4v) is 2.47. The minimum Gasteiger partial charge on any atom is -0.354 e. The first kappa shape index (κ1) is 17.0. The van der Waals surface area contributed by atoms with Crippen LogP contribution in [0.1, 0.15) is 5.89 Å². The van der Waals surface area contributed by atoms with Crippen molar-refractivity contribution in [1.29, 1.82) is 0 Å². The van der Waals surface area contributed by atoms with Crippen molar-refractivity contribution in [3.63, 3.8) is 0 Å². The van der Waals surface area contributed by atoms with Crippen LogP contribution in [0.4, 0.5) is 20.2 Å². The van der Waals surface area contributed by atoms with Crippen molar-refractivity contribution in [3.05, 3.63) is 58.4 Å². The lowest BCUT2D eigenvalue weighted by atomic mass is 10.2. The number of aromatic nitrogens is 2. The Balaban J connectivity index is 1.88. The van der Waals surface area contributed by atoms with E-state index in [4.69, 9.17) is 34.8 Å². The van der Waals surface area contributed by atoms with Crippen LogP contribution in [0, 0.1) is 0 Å². The third-order valence-corrected chi connectivity index (χ3v) is 3.71. The van der Waals surface area contributed by atoms with Crippen molar-refractivity contribution in [2.24, 2.45) is 0 Å². The lowest BCUT2D eigenvalue weighted by molar-refractivity contribution is 0.0551. The van der Waals surface area contributed by atoms with Gasteiger partial charge in [-0.2, -0.15) is 13.8 Å². The Morgan fingerprint density at radius 2 is 1.88 bits per heavy atom. The van der Waals surface area contributed by atoms with Gasteiger partial charge in [0.05, 0.1) is 10.7 Å². The van der Waals surface area contributed by atoms with Gasteiger partial charge < -0.3 is 9.84 Å². The van der Waals surface area contributed by atoms with Crippen LogP contribution in [0.15, 0.2) is 47.0 Å². The molecule has 0 aliphatic heterocycles. The van der Waals surface area contributed by atoms with Crippen LogP contribution in [0.25, 0.3) is 11.4 Å². The summed E-state index contributed by atoms with van der Waals surface area (Å²) in [4.78, 5) is 3.60. The highest BCUT2D eigenvalue weighted by molar-refractivity contribution is 6.36. The van der Waals surface area contributed by atoms with E-state index in [-0.39, 0.29) is 5.82 Å². The molecule has 2 aromatic carbocycles. The summed E-state index contributed by atoms with van der Waals surface area (Å²) < 4.78 is 30.4. The number of alkyl halides is 3. The molecule has 0 bridgehead atoms. The fraction of sp³-hybridized carbons (Fsp3) is 0.0667. The Bertz CT molecular complexity index is 880. The second-order valence-corrected chi connectivity index (χ2v) is 6.07. The lowest BCUT2D eigenvalue weighted by Crippen LogP contribution is -2.03. The molecule has 24 heavy (non-hydrogen) atoms. The third-order valence-electron chi connectivity index (χ3n) is 3.00. The summed E-state index contributed by atoms with van der Waals surface area (Å²) in [6, 6.07) is 11.8. The molecule has 1 aromatic heterocycles. The maximum Gasteiger partial charge on any atom is 0.400 e. The maximum absolute atomic E-state index is 13.0. The van der Waals surface area contributed by atoms with E-state index in [1.54, 1.807) is 42.5 Å². The number of benzene rings is 2. The van der Waals surface area contributed by atoms with E-state index >= 15 is 0 Å². The zero-order valence-corrected chi connectivity index (χ0v) is 14.0. The van der Waals surface area contributed by atoms with Crippen molar-refractivity contribution in [2.45, 2.75) is 5.38 Å². The van der Waals surface area contributed by atoms with E-state index in [9.17, 15) is 8.78 Å². The first-order chi connectivity index (χ1) is 11.3. The van der Waals surface area contributed by atoms with Gasteiger partial charge in [-0.05, 0) is 41.9 Å². The average Bonchev–Trinajstić information content (AvgIpc) is 3.01. The Labute approximate surface area is 150 Å². The van der Waals surface area contributed by atoms with Gasteiger partial charge in [0.25, 0.3) is 0 Å². The van der Waals surface area contributed by atoms with Gasteiger partial charge in [-0.3, -0.25) is 0 Å². The zero-order chi connectivity index (χ0) is 17.3. The van der Waals surface area contributed by atoms with Crippen molar-refractivity contribution in [2.75, 3.05) is 5.32 Å². The Hall–Kier alpha value is -1.89. The predicted molar refractivity (Wildman–Crippen MR) is 89.2 cm³/mol. The maximum atomic E-state index is 13.0. The van der Waals surface area contributed by atoms with Gasteiger partial charge in [0.2, 0.25) is 5.82 Å². The van der Waals surface area contributed by atoms with Gasteiger partial charge in [-0.1, -0.05) is 40.5 Å². The predicted octanol–water partition coefficient (Wildman–Crippen LogP) is 6.08. The van der Waals surface area contributed by atoms with Crippen LogP contribution >= 0.6 is 34.8 Å². The highest BCUT2D eigenvalue weighted by atomic mass is 35.5. The molecule has 1 N–H and O–H groups in total. The smallest absolute Gasteiger partial charge is 0.354 e. The monoisotopic (exact) mass is 389 g/mol. The number of hydrogen-bond acceptors (Lipinski definition) is 4. The summed E-state index contributed by atoms with van der Waals surface area (Å²) in [5.41, 5.74) is 1.76. The first-order valence-electron chi connectivity index (χ1n) is 6.56. The van der Waals surface area contributed by atoms with E-state index in [1.807, 2.05) is 0 Å². The standard InChI is InChI=1S/C15H8Cl3F2N3O/c16-9-4-5-12(11(17)7-9)21-10-3-1-2-8(6-10)13-22-14(24-23-13)15(18,19)20/h1-7,21H. The van der Waals surface area contributed by atoms with Crippen LogP contribution in [-0.4, -0.2) is 10.1 Å². The number of nitrogens with one attached hydrogen (secondary N) is 1.